The Labute approximate surface area is 204 Å². The molecule has 1 saturated carbocycles. The van der Waals surface area contributed by atoms with Crippen molar-refractivity contribution in [3.63, 3.8) is 0 Å². The highest BCUT2D eigenvalue weighted by molar-refractivity contribution is 5.92. The highest BCUT2D eigenvalue weighted by Gasteiger charge is 2.34. The van der Waals surface area contributed by atoms with Gasteiger partial charge in [0, 0.05) is 39.9 Å². The van der Waals surface area contributed by atoms with Gasteiger partial charge in [-0.2, -0.15) is 0 Å². The highest BCUT2D eigenvalue weighted by atomic mass is 16.5. The van der Waals surface area contributed by atoms with Crippen LogP contribution in [0.1, 0.15) is 24.8 Å². The molecule has 5 aromatic rings. The average molecular weight is 459 g/mol. The van der Waals surface area contributed by atoms with Crippen molar-refractivity contribution in [3.05, 3.63) is 96.8 Å². The molecule has 0 aliphatic heterocycles. The number of hydrogen-bond acceptors (Lipinski definition) is 5. The molecule has 0 saturated heterocycles. The molecule has 2 aromatic carbocycles. The Kier molecular flexibility index (Phi) is 5.27. The molecule has 6 rings (SSSR count). The topological polar surface area (TPSA) is 73.9 Å². The van der Waals surface area contributed by atoms with E-state index in [1.807, 2.05) is 24.4 Å². The van der Waals surface area contributed by atoms with Gasteiger partial charge in [-0.3, -0.25) is 4.98 Å². The van der Waals surface area contributed by atoms with Gasteiger partial charge in [-0.1, -0.05) is 54.6 Å². The van der Waals surface area contributed by atoms with Crippen molar-refractivity contribution in [1.29, 1.82) is 0 Å². The second-order valence-electron chi connectivity index (χ2n) is 9.19. The van der Waals surface area contributed by atoms with Gasteiger partial charge in [0.25, 0.3) is 0 Å². The van der Waals surface area contributed by atoms with Crippen LogP contribution in [0.5, 0.6) is 5.88 Å². The van der Waals surface area contributed by atoms with Crippen LogP contribution < -0.4 is 10.5 Å². The number of methoxy groups -OCH3 is 1. The van der Waals surface area contributed by atoms with E-state index in [2.05, 4.69) is 70.6 Å². The first-order chi connectivity index (χ1) is 17.1. The van der Waals surface area contributed by atoms with Gasteiger partial charge in [0.15, 0.2) is 0 Å². The summed E-state index contributed by atoms with van der Waals surface area (Å²) in [6, 6.07) is 27.1. The number of aromatic nitrogens is 3. The minimum atomic E-state index is -0.172. The maximum Gasteiger partial charge on any atom is 0.212 e. The molecule has 3 aromatic heterocycles. The summed E-state index contributed by atoms with van der Waals surface area (Å²) in [7, 11) is 1.61. The number of fused-ring (bicyclic) bond motifs is 1. The second-order valence-corrected chi connectivity index (χ2v) is 9.19. The van der Waals surface area contributed by atoms with Crippen molar-refractivity contribution in [1.82, 2.24) is 15.0 Å². The lowest BCUT2D eigenvalue weighted by molar-refractivity contribution is 0.253. The molecular weight excluding hydrogens is 432 g/mol. The zero-order valence-corrected chi connectivity index (χ0v) is 19.6. The van der Waals surface area contributed by atoms with E-state index in [9.17, 15) is 0 Å². The minimum absolute atomic E-state index is 0.172. The van der Waals surface area contributed by atoms with Crippen molar-refractivity contribution in [3.8, 4) is 39.5 Å². The summed E-state index contributed by atoms with van der Waals surface area (Å²) >= 11 is 0. The molecule has 0 amide bonds. The number of benzene rings is 2. The Morgan fingerprint density at radius 2 is 1.57 bits per heavy atom. The van der Waals surface area contributed by atoms with Gasteiger partial charge in [-0.15, -0.1) is 0 Å². The first-order valence-electron chi connectivity index (χ1n) is 11.9. The highest BCUT2D eigenvalue weighted by Crippen LogP contribution is 2.40. The Balaban J connectivity index is 1.47. The molecule has 0 atom stereocenters. The van der Waals surface area contributed by atoms with Gasteiger partial charge in [0.2, 0.25) is 5.88 Å². The average Bonchev–Trinajstić information content (AvgIpc) is 2.91. The van der Waals surface area contributed by atoms with E-state index in [1.165, 1.54) is 12.0 Å². The second kappa shape index (κ2) is 8.60. The van der Waals surface area contributed by atoms with Crippen LogP contribution in [0.3, 0.4) is 0 Å². The molecule has 1 aliphatic carbocycles. The van der Waals surface area contributed by atoms with E-state index in [0.717, 1.165) is 57.4 Å². The fraction of sp³-hybridized carbons (Fsp3) is 0.167. The first kappa shape index (κ1) is 21.4. The lowest BCUT2D eigenvalue weighted by atomic mass is 9.72. The number of rotatable bonds is 5. The Morgan fingerprint density at radius 1 is 0.800 bits per heavy atom. The van der Waals surface area contributed by atoms with Crippen LogP contribution in [0.25, 0.3) is 44.5 Å². The molecule has 5 heteroatoms. The quantitative estimate of drug-likeness (QED) is 0.331. The summed E-state index contributed by atoms with van der Waals surface area (Å²) in [6.45, 7) is 0. The molecule has 5 nitrogen and oxygen atoms in total. The first-order valence-corrected chi connectivity index (χ1v) is 11.9. The van der Waals surface area contributed by atoms with Crippen LogP contribution in [-0.4, -0.2) is 22.1 Å². The van der Waals surface area contributed by atoms with Crippen molar-refractivity contribution in [2.24, 2.45) is 5.73 Å². The van der Waals surface area contributed by atoms with Crippen molar-refractivity contribution >= 4 is 10.9 Å². The fourth-order valence-electron chi connectivity index (χ4n) is 4.75. The smallest absolute Gasteiger partial charge is 0.212 e. The van der Waals surface area contributed by atoms with Crippen molar-refractivity contribution in [2.75, 3.05) is 7.11 Å². The molecule has 1 fully saturated rings. The normalized spacial score (nSPS) is 14.5. The zero-order chi connectivity index (χ0) is 23.8. The molecule has 172 valence electrons. The molecule has 1 aliphatic rings. The van der Waals surface area contributed by atoms with Crippen LogP contribution in [0.15, 0.2) is 91.3 Å². The fourth-order valence-corrected chi connectivity index (χ4v) is 4.75. The minimum Gasteiger partial charge on any atom is -0.481 e. The van der Waals surface area contributed by atoms with Crippen LogP contribution in [0.2, 0.25) is 0 Å². The van der Waals surface area contributed by atoms with Crippen molar-refractivity contribution < 1.29 is 4.74 Å². The lowest BCUT2D eigenvalue weighted by Crippen LogP contribution is -2.43. The van der Waals surface area contributed by atoms with E-state index in [4.69, 9.17) is 15.5 Å². The summed E-state index contributed by atoms with van der Waals surface area (Å²) < 4.78 is 5.18. The summed E-state index contributed by atoms with van der Waals surface area (Å²) in [5.41, 5.74) is 14.4. The molecule has 0 radical (unpaired) electrons. The van der Waals surface area contributed by atoms with Gasteiger partial charge < -0.3 is 10.5 Å². The van der Waals surface area contributed by atoms with E-state index in [-0.39, 0.29) is 5.54 Å². The summed E-state index contributed by atoms with van der Waals surface area (Å²) in [5, 5.41) is 1.03. The summed E-state index contributed by atoms with van der Waals surface area (Å²) in [6.07, 6.45) is 6.91. The van der Waals surface area contributed by atoms with Gasteiger partial charge in [-0.05, 0) is 48.6 Å². The summed E-state index contributed by atoms with van der Waals surface area (Å²) in [4.78, 5) is 14.1. The standard InChI is InChI=1S/C30H26N4O/c1-35-28-13-10-22(18-33-28)26-17-23-16-25(20-6-3-2-4-7-20)29(34-27(23)19-32-26)21-8-11-24(12-9-21)30(31)14-5-15-30/h2-4,6-13,16-19H,5,14-15,31H2,1H3. The molecule has 35 heavy (non-hydrogen) atoms. The Morgan fingerprint density at radius 3 is 2.23 bits per heavy atom. The van der Waals surface area contributed by atoms with E-state index in [0.29, 0.717) is 5.88 Å². The van der Waals surface area contributed by atoms with E-state index < -0.39 is 0 Å². The predicted octanol–water partition coefficient (Wildman–Crippen LogP) is 6.37. The zero-order valence-electron chi connectivity index (χ0n) is 19.6. The predicted molar refractivity (Wildman–Crippen MR) is 140 cm³/mol. The van der Waals surface area contributed by atoms with Crippen LogP contribution in [-0.2, 0) is 5.54 Å². The third-order valence-electron chi connectivity index (χ3n) is 7.01. The van der Waals surface area contributed by atoms with E-state index >= 15 is 0 Å². The number of nitrogens with two attached hydrogens (primary N) is 1. The molecule has 0 spiro atoms. The van der Waals surface area contributed by atoms with Crippen LogP contribution in [0, 0.1) is 0 Å². The van der Waals surface area contributed by atoms with Crippen LogP contribution >= 0.6 is 0 Å². The lowest BCUT2D eigenvalue weighted by Gasteiger charge is -2.38. The number of pyridine rings is 3. The Bertz CT molecular complexity index is 1490. The molecule has 3 heterocycles. The van der Waals surface area contributed by atoms with Gasteiger partial charge in [-0.25, -0.2) is 9.97 Å². The number of hydrogen-bond donors (Lipinski definition) is 1. The third-order valence-corrected chi connectivity index (χ3v) is 7.01. The third kappa shape index (κ3) is 3.94. The van der Waals surface area contributed by atoms with Gasteiger partial charge >= 0.3 is 0 Å². The van der Waals surface area contributed by atoms with E-state index in [1.54, 1.807) is 13.3 Å². The number of ether oxygens (including phenoxy) is 1. The Hall–Kier alpha value is -4.09. The van der Waals surface area contributed by atoms with Crippen LogP contribution in [0.4, 0.5) is 0 Å². The molecule has 2 N–H and O–H groups in total. The molecular formula is C30H26N4O. The largest absolute Gasteiger partial charge is 0.481 e. The molecule has 0 bridgehead atoms. The molecule has 0 unspecified atom stereocenters. The van der Waals surface area contributed by atoms with Gasteiger partial charge in [0.05, 0.1) is 30.2 Å². The maximum absolute atomic E-state index is 6.55. The SMILES string of the molecule is COc1ccc(-c2cc3cc(-c4ccccc4)c(-c4ccc(C5(N)CCC5)cc4)nc3cn2)cn1. The number of nitrogens with zero attached hydrogens (tertiary/aromatic N) is 3. The summed E-state index contributed by atoms with van der Waals surface area (Å²) in [5.74, 6) is 0.580. The van der Waals surface area contributed by atoms with Crippen molar-refractivity contribution in [2.45, 2.75) is 24.8 Å². The van der Waals surface area contributed by atoms with Gasteiger partial charge in [0.1, 0.15) is 0 Å². The maximum atomic E-state index is 6.55. The monoisotopic (exact) mass is 458 g/mol.